The molecule has 0 saturated carbocycles. The molecule has 1 aliphatic rings. The first kappa shape index (κ1) is 22.4. The molecular weight excluding hydrogens is 446 g/mol. The SMILES string of the molecule is CC(COc1ccc(Cc2sc(=O)[nH]c2O)cc1)C1CC(COc2ccccc2)OC1=S. The minimum atomic E-state index is -0.255. The van der Waals surface area contributed by atoms with Crippen molar-refractivity contribution in [2.24, 2.45) is 11.8 Å². The molecule has 2 aromatic carbocycles. The normalized spacial score (nSPS) is 18.8. The topological polar surface area (TPSA) is 80.8 Å². The largest absolute Gasteiger partial charge is 0.494 e. The zero-order valence-corrected chi connectivity index (χ0v) is 19.3. The lowest BCUT2D eigenvalue weighted by molar-refractivity contribution is 0.137. The third-order valence-corrected chi connectivity index (χ3v) is 6.74. The highest BCUT2D eigenvalue weighted by atomic mass is 32.1. The van der Waals surface area contributed by atoms with Crippen LogP contribution >= 0.6 is 23.6 Å². The van der Waals surface area contributed by atoms with Gasteiger partial charge in [0.2, 0.25) is 5.88 Å². The molecule has 6 nitrogen and oxygen atoms in total. The molecule has 168 valence electrons. The molecule has 3 unspecified atom stereocenters. The predicted molar refractivity (Wildman–Crippen MR) is 128 cm³/mol. The number of hydrogen-bond acceptors (Lipinski definition) is 7. The summed E-state index contributed by atoms with van der Waals surface area (Å²) in [7, 11) is 0. The smallest absolute Gasteiger partial charge is 0.307 e. The molecule has 1 aliphatic heterocycles. The van der Waals surface area contributed by atoms with Gasteiger partial charge >= 0.3 is 4.87 Å². The number of ether oxygens (including phenoxy) is 3. The van der Waals surface area contributed by atoms with Crippen LogP contribution in [0.15, 0.2) is 59.4 Å². The van der Waals surface area contributed by atoms with Crippen molar-refractivity contribution in [1.29, 1.82) is 0 Å². The van der Waals surface area contributed by atoms with Crippen molar-refractivity contribution in [2.75, 3.05) is 13.2 Å². The third kappa shape index (κ3) is 5.69. The van der Waals surface area contributed by atoms with E-state index in [1.54, 1.807) is 0 Å². The van der Waals surface area contributed by atoms with Crippen LogP contribution in [-0.4, -0.2) is 34.5 Å². The molecule has 3 atom stereocenters. The van der Waals surface area contributed by atoms with Gasteiger partial charge in [0.1, 0.15) is 24.2 Å². The number of hydrogen-bond donors (Lipinski definition) is 2. The number of para-hydroxylation sites is 1. The third-order valence-electron chi connectivity index (χ3n) is 5.47. The Balaban J connectivity index is 1.25. The minimum absolute atomic E-state index is 0.0463. The molecule has 2 heterocycles. The number of thiocarbonyl (C=S) groups is 1. The van der Waals surface area contributed by atoms with E-state index in [0.29, 0.717) is 29.6 Å². The van der Waals surface area contributed by atoms with Crippen LogP contribution in [0.5, 0.6) is 17.4 Å². The van der Waals surface area contributed by atoms with E-state index in [1.165, 1.54) is 0 Å². The van der Waals surface area contributed by atoms with Crippen LogP contribution in [0.3, 0.4) is 0 Å². The average Bonchev–Trinajstić information content (AvgIpc) is 3.32. The number of thiazole rings is 1. The second kappa shape index (κ2) is 10.2. The Labute approximate surface area is 195 Å². The molecule has 3 aromatic rings. The molecule has 0 bridgehead atoms. The molecule has 4 rings (SSSR count). The van der Waals surface area contributed by atoms with Gasteiger partial charge in [-0.05, 0) is 48.5 Å². The monoisotopic (exact) mass is 471 g/mol. The first-order valence-corrected chi connectivity index (χ1v) is 11.7. The Kier molecular flexibility index (Phi) is 7.12. The van der Waals surface area contributed by atoms with Crippen LogP contribution in [0.4, 0.5) is 0 Å². The Hall–Kier alpha value is -2.84. The van der Waals surface area contributed by atoms with Crippen LogP contribution < -0.4 is 14.3 Å². The first-order valence-electron chi connectivity index (χ1n) is 10.5. The fourth-order valence-corrected chi connectivity index (χ4v) is 4.88. The second-order valence-electron chi connectivity index (χ2n) is 7.92. The summed E-state index contributed by atoms with van der Waals surface area (Å²) in [6.45, 7) is 3.12. The predicted octanol–water partition coefficient (Wildman–Crippen LogP) is 4.56. The summed E-state index contributed by atoms with van der Waals surface area (Å²) < 4.78 is 17.6. The van der Waals surface area contributed by atoms with E-state index in [4.69, 9.17) is 26.4 Å². The molecule has 32 heavy (non-hydrogen) atoms. The quantitative estimate of drug-likeness (QED) is 0.446. The van der Waals surface area contributed by atoms with E-state index >= 15 is 0 Å². The number of aromatic nitrogens is 1. The molecule has 0 amide bonds. The van der Waals surface area contributed by atoms with Crippen molar-refractivity contribution in [2.45, 2.75) is 25.9 Å². The van der Waals surface area contributed by atoms with Crippen LogP contribution in [0.25, 0.3) is 0 Å². The molecule has 1 aromatic heterocycles. The van der Waals surface area contributed by atoms with Crippen molar-refractivity contribution >= 4 is 28.6 Å². The Bertz CT molecular complexity index is 1090. The van der Waals surface area contributed by atoms with Gasteiger partial charge in [-0.25, -0.2) is 0 Å². The summed E-state index contributed by atoms with van der Waals surface area (Å²) in [6, 6.07) is 17.4. The van der Waals surface area contributed by atoms with Crippen LogP contribution in [0.2, 0.25) is 0 Å². The average molecular weight is 472 g/mol. The maximum Gasteiger partial charge on any atom is 0.307 e. The van der Waals surface area contributed by atoms with E-state index in [9.17, 15) is 9.90 Å². The highest BCUT2D eigenvalue weighted by Crippen LogP contribution is 2.30. The van der Waals surface area contributed by atoms with E-state index in [-0.39, 0.29) is 28.7 Å². The van der Waals surface area contributed by atoms with Crippen molar-refractivity contribution in [3.05, 3.63) is 74.7 Å². The highest BCUT2D eigenvalue weighted by molar-refractivity contribution is 7.80. The first-order chi connectivity index (χ1) is 15.5. The minimum Gasteiger partial charge on any atom is -0.494 e. The summed E-state index contributed by atoms with van der Waals surface area (Å²) in [5.74, 6) is 1.88. The fourth-order valence-electron chi connectivity index (χ4n) is 3.66. The zero-order chi connectivity index (χ0) is 22.5. The number of aromatic hydroxyl groups is 1. The fraction of sp³-hybridized carbons (Fsp3) is 0.333. The maximum atomic E-state index is 11.3. The molecule has 0 spiro atoms. The Morgan fingerprint density at radius 2 is 1.88 bits per heavy atom. The van der Waals surface area contributed by atoms with Crippen LogP contribution in [-0.2, 0) is 11.2 Å². The highest BCUT2D eigenvalue weighted by Gasteiger charge is 2.35. The lowest BCUT2D eigenvalue weighted by atomic mass is 9.92. The second-order valence-corrected chi connectivity index (χ2v) is 9.39. The van der Waals surface area contributed by atoms with Crippen molar-refractivity contribution in [3.8, 4) is 17.4 Å². The van der Waals surface area contributed by atoms with E-state index < -0.39 is 0 Å². The Morgan fingerprint density at radius 1 is 1.16 bits per heavy atom. The molecule has 2 N–H and O–H groups in total. The van der Waals surface area contributed by atoms with Gasteiger partial charge in [0.05, 0.1) is 11.5 Å². The van der Waals surface area contributed by atoms with Crippen molar-refractivity contribution < 1.29 is 19.3 Å². The molecule has 0 radical (unpaired) electrons. The molecule has 0 aliphatic carbocycles. The van der Waals surface area contributed by atoms with Gasteiger partial charge < -0.3 is 19.3 Å². The van der Waals surface area contributed by atoms with E-state index in [1.807, 2.05) is 54.6 Å². The van der Waals surface area contributed by atoms with E-state index in [2.05, 4.69) is 11.9 Å². The number of rotatable bonds is 9. The van der Waals surface area contributed by atoms with Gasteiger partial charge in [-0.15, -0.1) is 0 Å². The summed E-state index contributed by atoms with van der Waals surface area (Å²) in [4.78, 5) is 14.1. The maximum absolute atomic E-state index is 11.3. The number of aromatic amines is 1. The van der Waals surface area contributed by atoms with Gasteiger partial charge in [-0.3, -0.25) is 9.78 Å². The number of benzene rings is 2. The Morgan fingerprint density at radius 3 is 2.56 bits per heavy atom. The molecule has 1 fully saturated rings. The van der Waals surface area contributed by atoms with Gasteiger partial charge in [0.25, 0.3) is 0 Å². The number of H-pyrrole nitrogens is 1. The number of nitrogens with one attached hydrogen (secondary N) is 1. The summed E-state index contributed by atoms with van der Waals surface area (Å²) in [5.41, 5.74) is 0.988. The van der Waals surface area contributed by atoms with Gasteiger partial charge in [-0.2, -0.15) is 0 Å². The molecule has 8 heteroatoms. The summed E-state index contributed by atoms with van der Waals surface area (Å²) >= 11 is 6.49. The molecular formula is C24H25NO5S2. The van der Waals surface area contributed by atoms with Gasteiger partial charge in [-0.1, -0.05) is 48.6 Å². The summed E-state index contributed by atoms with van der Waals surface area (Å²) in [5, 5.41) is 10.4. The lowest BCUT2D eigenvalue weighted by Gasteiger charge is -2.18. The van der Waals surface area contributed by atoms with Gasteiger partial charge in [0.15, 0.2) is 5.05 Å². The van der Waals surface area contributed by atoms with E-state index in [0.717, 1.165) is 34.8 Å². The van der Waals surface area contributed by atoms with Gasteiger partial charge in [0, 0.05) is 18.3 Å². The summed E-state index contributed by atoms with van der Waals surface area (Å²) in [6.07, 6.45) is 1.26. The van der Waals surface area contributed by atoms with Crippen molar-refractivity contribution in [1.82, 2.24) is 4.98 Å². The zero-order valence-electron chi connectivity index (χ0n) is 17.7. The van der Waals surface area contributed by atoms with Crippen LogP contribution in [0.1, 0.15) is 23.8 Å². The molecule has 1 saturated heterocycles. The standard InChI is InChI=1S/C24H25NO5S2/c1-15(20-12-19(30-23(20)31)14-29-17-5-3-2-4-6-17)13-28-18-9-7-16(8-10-18)11-21-22(26)25-24(27)32-21/h2-10,15,19-20,26H,11-14H2,1H3,(H,25,27). The lowest BCUT2D eigenvalue weighted by Crippen LogP contribution is -2.22. The van der Waals surface area contributed by atoms with Crippen molar-refractivity contribution in [3.63, 3.8) is 0 Å². The van der Waals surface area contributed by atoms with Crippen LogP contribution in [0, 0.1) is 11.8 Å².